The Morgan fingerprint density at radius 2 is 2.13 bits per heavy atom. The summed E-state index contributed by atoms with van der Waals surface area (Å²) >= 11 is 0. The van der Waals surface area contributed by atoms with Gasteiger partial charge in [0.2, 0.25) is 0 Å². The van der Waals surface area contributed by atoms with E-state index in [2.05, 4.69) is 51.1 Å². The maximum Gasteiger partial charge on any atom is 0.0922 e. The fourth-order valence-corrected chi connectivity index (χ4v) is 1.83. The third-order valence-electron chi connectivity index (χ3n) is 2.58. The van der Waals surface area contributed by atoms with Crippen molar-refractivity contribution in [3.05, 3.63) is 54.7 Å². The number of imidazole rings is 1. The van der Waals surface area contributed by atoms with Crippen LogP contribution >= 0.6 is 0 Å². The Kier molecular flexibility index (Phi) is 1.81. The highest BCUT2D eigenvalue weighted by molar-refractivity contribution is 5.79. The molecule has 1 aromatic carbocycles. The van der Waals surface area contributed by atoms with Gasteiger partial charge < -0.3 is 9.55 Å². The monoisotopic (exact) mass is 197 g/mol. The van der Waals surface area contributed by atoms with Gasteiger partial charge in [-0.2, -0.15) is 0 Å². The Bertz CT molecular complexity index is 563. The summed E-state index contributed by atoms with van der Waals surface area (Å²) in [5, 5.41) is 1.28. The van der Waals surface area contributed by atoms with Crippen LogP contribution in [0.3, 0.4) is 0 Å². The Morgan fingerprint density at radius 3 is 3.00 bits per heavy atom. The normalized spacial score (nSPS) is 10.9. The molecule has 3 heteroatoms. The zero-order chi connectivity index (χ0) is 10.1. The van der Waals surface area contributed by atoms with E-state index in [1.54, 1.807) is 6.33 Å². The van der Waals surface area contributed by atoms with Crippen molar-refractivity contribution in [3.63, 3.8) is 0 Å². The van der Waals surface area contributed by atoms with Gasteiger partial charge in [0.1, 0.15) is 0 Å². The van der Waals surface area contributed by atoms with E-state index in [1.165, 1.54) is 10.9 Å². The van der Waals surface area contributed by atoms with Gasteiger partial charge in [0.15, 0.2) is 0 Å². The summed E-state index contributed by atoms with van der Waals surface area (Å²) in [6, 6.07) is 10.5. The molecule has 0 aliphatic heterocycles. The van der Waals surface area contributed by atoms with Crippen molar-refractivity contribution in [2.45, 2.75) is 6.54 Å². The van der Waals surface area contributed by atoms with Gasteiger partial charge in [0.25, 0.3) is 0 Å². The number of nitrogens with one attached hydrogen (secondary N) is 1. The van der Waals surface area contributed by atoms with Crippen LogP contribution in [0.15, 0.2) is 49.1 Å². The molecule has 0 saturated heterocycles. The molecule has 3 aromatic rings. The average Bonchev–Trinajstić information content (AvgIpc) is 2.89. The minimum Gasteiger partial charge on any atom is -0.347 e. The molecule has 0 amide bonds. The molecule has 0 bridgehead atoms. The SMILES string of the molecule is c1ccc2c(c1)ccn2Cc1cnc[nH]1. The first-order valence-corrected chi connectivity index (χ1v) is 4.94. The van der Waals surface area contributed by atoms with Crippen LogP contribution < -0.4 is 0 Å². The summed E-state index contributed by atoms with van der Waals surface area (Å²) in [7, 11) is 0. The van der Waals surface area contributed by atoms with Crippen molar-refractivity contribution >= 4 is 10.9 Å². The van der Waals surface area contributed by atoms with Crippen molar-refractivity contribution < 1.29 is 0 Å². The van der Waals surface area contributed by atoms with E-state index >= 15 is 0 Å². The third kappa shape index (κ3) is 1.42. The van der Waals surface area contributed by atoms with E-state index in [0.717, 1.165) is 12.2 Å². The minimum absolute atomic E-state index is 0.841. The lowest BCUT2D eigenvalue weighted by Crippen LogP contribution is -1.97. The summed E-state index contributed by atoms with van der Waals surface area (Å²) < 4.78 is 2.21. The number of aromatic amines is 1. The third-order valence-corrected chi connectivity index (χ3v) is 2.58. The second-order valence-electron chi connectivity index (χ2n) is 3.58. The number of H-pyrrole nitrogens is 1. The molecule has 2 heterocycles. The molecule has 0 aliphatic carbocycles. The van der Waals surface area contributed by atoms with E-state index < -0.39 is 0 Å². The Balaban J connectivity index is 2.05. The van der Waals surface area contributed by atoms with Gasteiger partial charge in [-0.3, -0.25) is 0 Å². The fourth-order valence-electron chi connectivity index (χ4n) is 1.83. The summed E-state index contributed by atoms with van der Waals surface area (Å²) in [6.45, 7) is 0.841. The lowest BCUT2D eigenvalue weighted by Gasteiger charge is -2.02. The van der Waals surface area contributed by atoms with Gasteiger partial charge >= 0.3 is 0 Å². The molecular weight excluding hydrogens is 186 g/mol. The highest BCUT2D eigenvalue weighted by Crippen LogP contribution is 2.15. The van der Waals surface area contributed by atoms with Crippen molar-refractivity contribution in [3.8, 4) is 0 Å². The van der Waals surface area contributed by atoms with Crippen molar-refractivity contribution in [2.75, 3.05) is 0 Å². The Labute approximate surface area is 87.4 Å². The van der Waals surface area contributed by atoms with Crippen LogP contribution in [0.1, 0.15) is 5.69 Å². The Hall–Kier alpha value is -2.03. The minimum atomic E-state index is 0.841. The van der Waals surface area contributed by atoms with Gasteiger partial charge in [-0.25, -0.2) is 4.98 Å². The summed E-state index contributed by atoms with van der Waals surface area (Å²) in [5.41, 5.74) is 2.38. The van der Waals surface area contributed by atoms with Crippen LogP contribution in [0.5, 0.6) is 0 Å². The van der Waals surface area contributed by atoms with Gasteiger partial charge in [-0.1, -0.05) is 18.2 Å². The van der Waals surface area contributed by atoms with Crippen LogP contribution in [0.2, 0.25) is 0 Å². The van der Waals surface area contributed by atoms with E-state index in [1.807, 2.05) is 6.20 Å². The average molecular weight is 197 g/mol. The first kappa shape index (κ1) is 8.29. The molecule has 0 saturated carbocycles. The van der Waals surface area contributed by atoms with Crippen LogP contribution in [-0.4, -0.2) is 14.5 Å². The molecular formula is C12H11N3. The molecule has 0 atom stereocenters. The van der Waals surface area contributed by atoms with Gasteiger partial charge in [0.05, 0.1) is 18.6 Å². The number of rotatable bonds is 2. The van der Waals surface area contributed by atoms with E-state index in [9.17, 15) is 0 Å². The molecule has 2 aromatic heterocycles. The second-order valence-corrected chi connectivity index (χ2v) is 3.58. The van der Waals surface area contributed by atoms with Crippen LogP contribution in [0, 0.1) is 0 Å². The van der Waals surface area contributed by atoms with Gasteiger partial charge in [-0.15, -0.1) is 0 Å². The zero-order valence-corrected chi connectivity index (χ0v) is 8.22. The molecule has 1 N–H and O–H groups in total. The number of hydrogen-bond acceptors (Lipinski definition) is 1. The molecule has 0 aliphatic rings. The maximum atomic E-state index is 4.01. The Morgan fingerprint density at radius 1 is 1.20 bits per heavy atom. The van der Waals surface area contributed by atoms with E-state index in [4.69, 9.17) is 0 Å². The van der Waals surface area contributed by atoms with Gasteiger partial charge in [0, 0.05) is 17.9 Å². The number of fused-ring (bicyclic) bond motifs is 1. The molecule has 0 spiro atoms. The maximum absolute atomic E-state index is 4.01. The highest BCUT2D eigenvalue weighted by Gasteiger charge is 2.00. The van der Waals surface area contributed by atoms with Crippen LogP contribution in [-0.2, 0) is 6.54 Å². The topological polar surface area (TPSA) is 33.6 Å². The summed E-state index contributed by atoms with van der Waals surface area (Å²) in [5.74, 6) is 0. The van der Waals surface area contributed by atoms with E-state index in [-0.39, 0.29) is 0 Å². The lowest BCUT2D eigenvalue weighted by atomic mass is 10.2. The number of aromatic nitrogens is 3. The predicted molar refractivity (Wildman–Crippen MR) is 59.6 cm³/mol. The molecule has 0 unspecified atom stereocenters. The molecule has 3 nitrogen and oxygen atoms in total. The smallest absolute Gasteiger partial charge is 0.0922 e. The number of hydrogen-bond donors (Lipinski definition) is 1. The molecule has 15 heavy (non-hydrogen) atoms. The largest absolute Gasteiger partial charge is 0.347 e. The molecule has 3 rings (SSSR count). The van der Waals surface area contributed by atoms with Crippen molar-refractivity contribution in [1.82, 2.24) is 14.5 Å². The van der Waals surface area contributed by atoms with E-state index in [0.29, 0.717) is 0 Å². The number of benzene rings is 1. The fraction of sp³-hybridized carbons (Fsp3) is 0.0833. The lowest BCUT2D eigenvalue weighted by molar-refractivity contribution is 0.814. The zero-order valence-electron chi connectivity index (χ0n) is 8.22. The first-order valence-electron chi connectivity index (χ1n) is 4.94. The summed E-state index contributed by atoms with van der Waals surface area (Å²) in [4.78, 5) is 7.12. The quantitative estimate of drug-likeness (QED) is 0.672. The molecule has 0 radical (unpaired) electrons. The highest BCUT2D eigenvalue weighted by atomic mass is 15.0. The predicted octanol–water partition coefficient (Wildman–Crippen LogP) is 2.41. The van der Waals surface area contributed by atoms with Crippen molar-refractivity contribution in [1.29, 1.82) is 0 Å². The van der Waals surface area contributed by atoms with Crippen LogP contribution in [0.4, 0.5) is 0 Å². The van der Waals surface area contributed by atoms with Crippen LogP contribution in [0.25, 0.3) is 10.9 Å². The number of para-hydroxylation sites is 1. The molecule has 0 fully saturated rings. The van der Waals surface area contributed by atoms with Crippen molar-refractivity contribution in [2.24, 2.45) is 0 Å². The number of nitrogens with zero attached hydrogens (tertiary/aromatic N) is 2. The first-order chi connectivity index (χ1) is 7.43. The summed E-state index contributed by atoms with van der Waals surface area (Å²) in [6.07, 6.45) is 5.67. The second kappa shape index (κ2) is 3.28. The van der Waals surface area contributed by atoms with Gasteiger partial charge in [-0.05, 0) is 17.5 Å². The molecule has 74 valence electrons. The standard InChI is InChI=1S/C12H11N3/c1-2-4-12-10(3-1)5-6-15(12)8-11-7-13-9-14-11/h1-7,9H,8H2,(H,13,14).